The SMILES string of the molecule is COc1ccc(OC)c2c1CC1C(=NO)C(C)=CC[C@H]1C2(C)C. The molecule has 2 aliphatic rings. The highest BCUT2D eigenvalue weighted by Gasteiger charge is 2.48. The summed E-state index contributed by atoms with van der Waals surface area (Å²) in [6, 6.07) is 3.96. The Bertz CT molecular complexity index is 688. The first-order chi connectivity index (χ1) is 11.0. The van der Waals surface area contributed by atoms with E-state index in [2.05, 4.69) is 25.1 Å². The van der Waals surface area contributed by atoms with Crippen molar-refractivity contribution in [2.24, 2.45) is 17.0 Å². The van der Waals surface area contributed by atoms with Gasteiger partial charge >= 0.3 is 0 Å². The van der Waals surface area contributed by atoms with Gasteiger partial charge in [-0.1, -0.05) is 25.1 Å². The average molecular weight is 315 g/mol. The van der Waals surface area contributed by atoms with Gasteiger partial charge in [-0.3, -0.25) is 0 Å². The van der Waals surface area contributed by atoms with E-state index >= 15 is 0 Å². The molecule has 2 atom stereocenters. The summed E-state index contributed by atoms with van der Waals surface area (Å²) in [6.45, 7) is 6.54. The predicted molar refractivity (Wildman–Crippen MR) is 90.9 cm³/mol. The van der Waals surface area contributed by atoms with E-state index in [0.717, 1.165) is 35.6 Å². The Morgan fingerprint density at radius 1 is 1.17 bits per heavy atom. The second kappa shape index (κ2) is 5.59. The summed E-state index contributed by atoms with van der Waals surface area (Å²) < 4.78 is 11.3. The Hall–Kier alpha value is -1.97. The highest BCUT2D eigenvalue weighted by atomic mass is 16.5. The van der Waals surface area contributed by atoms with Crippen LogP contribution in [0.25, 0.3) is 0 Å². The molecule has 1 aromatic rings. The molecule has 0 radical (unpaired) electrons. The maximum atomic E-state index is 9.54. The second-order valence-corrected chi connectivity index (χ2v) is 7.07. The fourth-order valence-corrected chi connectivity index (χ4v) is 4.53. The number of methoxy groups -OCH3 is 2. The molecule has 124 valence electrons. The van der Waals surface area contributed by atoms with E-state index in [-0.39, 0.29) is 11.3 Å². The molecule has 0 fully saturated rings. The third kappa shape index (κ3) is 2.23. The summed E-state index contributed by atoms with van der Waals surface area (Å²) in [5, 5.41) is 13.2. The van der Waals surface area contributed by atoms with E-state index in [9.17, 15) is 5.21 Å². The van der Waals surface area contributed by atoms with Gasteiger partial charge in [0.15, 0.2) is 0 Å². The minimum Gasteiger partial charge on any atom is -0.496 e. The number of benzene rings is 1. The molecule has 0 amide bonds. The lowest BCUT2D eigenvalue weighted by Crippen LogP contribution is -2.45. The third-order valence-corrected chi connectivity index (χ3v) is 5.69. The van der Waals surface area contributed by atoms with Crippen molar-refractivity contribution in [1.29, 1.82) is 0 Å². The average Bonchev–Trinajstić information content (AvgIpc) is 2.53. The maximum Gasteiger partial charge on any atom is 0.123 e. The molecule has 0 saturated heterocycles. The molecule has 1 aromatic carbocycles. The number of ether oxygens (including phenoxy) is 2. The zero-order valence-electron chi connectivity index (χ0n) is 14.5. The minimum atomic E-state index is -0.0920. The predicted octanol–water partition coefficient (Wildman–Crippen LogP) is 3.95. The van der Waals surface area contributed by atoms with Gasteiger partial charge in [-0.15, -0.1) is 0 Å². The summed E-state index contributed by atoms with van der Waals surface area (Å²) in [5.41, 5.74) is 4.20. The zero-order valence-corrected chi connectivity index (χ0v) is 14.5. The number of nitrogens with zero attached hydrogens (tertiary/aromatic N) is 1. The van der Waals surface area contributed by atoms with Gasteiger partial charge in [0.2, 0.25) is 0 Å². The van der Waals surface area contributed by atoms with Gasteiger partial charge in [-0.05, 0) is 48.8 Å². The Morgan fingerprint density at radius 2 is 1.83 bits per heavy atom. The monoisotopic (exact) mass is 315 g/mol. The van der Waals surface area contributed by atoms with Gasteiger partial charge in [0.1, 0.15) is 11.5 Å². The van der Waals surface area contributed by atoms with Crippen LogP contribution >= 0.6 is 0 Å². The van der Waals surface area contributed by atoms with Crippen LogP contribution in [-0.4, -0.2) is 25.1 Å². The first-order valence-corrected chi connectivity index (χ1v) is 8.09. The van der Waals surface area contributed by atoms with Gasteiger partial charge in [-0.25, -0.2) is 0 Å². The third-order valence-electron chi connectivity index (χ3n) is 5.69. The van der Waals surface area contributed by atoms with Gasteiger partial charge in [0, 0.05) is 17.0 Å². The van der Waals surface area contributed by atoms with Gasteiger partial charge in [0.25, 0.3) is 0 Å². The quantitative estimate of drug-likeness (QED) is 0.664. The van der Waals surface area contributed by atoms with Crippen molar-refractivity contribution in [3.05, 3.63) is 34.9 Å². The van der Waals surface area contributed by atoms with Crippen molar-refractivity contribution in [1.82, 2.24) is 0 Å². The summed E-state index contributed by atoms with van der Waals surface area (Å²) in [7, 11) is 3.42. The topological polar surface area (TPSA) is 51.0 Å². The van der Waals surface area contributed by atoms with Crippen molar-refractivity contribution >= 4 is 5.71 Å². The molecule has 2 aliphatic carbocycles. The van der Waals surface area contributed by atoms with Crippen molar-refractivity contribution in [2.45, 2.75) is 39.0 Å². The molecule has 4 heteroatoms. The first-order valence-electron chi connectivity index (χ1n) is 8.09. The van der Waals surface area contributed by atoms with Crippen LogP contribution in [0.5, 0.6) is 11.5 Å². The van der Waals surface area contributed by atoms with E-state index in [0.29, 0.717) is 5.92 Å². The molecule has 0 heterocycles. The fourth-order valence-electron chi connectivity index (χ4n) is 4.53. The minimum absolute atomic E-state index is 0.0920. The molecular weight excluding hydrogens is 290 g/mol. The highest BCUT2D eigenvalue weighted by Crippen LogP contribution is 2.53. The van der Waals surface area contributed by atoms with Crippen molar-refractivity contribution in [3.63, 3.8) is 0 Å². The molecule has 1 unspecified atom stereocenters. The zero-order chi connectivity index (χ0) is 16.8. The van der Waals surface area contributed by atoms with Crippen molar-refractivity contribution in [2.75, 3.05) is 14.2 Å². The highest BCUT2D eigenvalue weighted by molar-refractivity contribution is 6.02. The summed E-state index contributed by atoms with van der Waals surface area (Å²) in [5.74, 6) is 2.38. The fraction of sp³-hybridized carbons (Fsp3) is 0.526. The lowest BCUT2D eigenvalue weighted by molar-refractivity contribution is 0.216. The first kappa shape index (κ1) is 15.9. The van der Waals surface area contributed by atoms with Crippen LogP contribution < -0.4 is 9.47 Å². The number of allylic oxidation sites excluding steroid dienone is 2. The molecule has 1 N–H and O–H groups in total. The molecule has 0 aromatic heterocycles. The number of fused-ring (bicyclic) bond motifs is 2. The normalized spacial score (nSPS) is 27.0. The van der Waals surface area contributed by atoms with Crippen LogP contribution in [0.3, 0.4) is 0 Å². The Labute approximate surface area is 137 Å². The second-order valence-electron chi connectivity index (χ2n) is 7.07. The van der Waals surface area contributed by atoms with Crippen LogP contribution in [0.1, 0.15) is 38.3 Å². The molecule has 0 saturated carbocycles. The van der Waals surface area contributed by atoms with Crippen molar-refractivity contribution in [3.8, 4) is 11.5 Å². The Kier molecular flexibility index (Phi) is 3.86. The lowest BCUT2D eigenvalue weighted by Gasteiger charge is -2.47. The molecule has 0 spiro atoms. The van der Waals surface area contributed by atoms with E-state index in [4.69, 9.17) is 9.47 Å². The molecule has 0 bridgehead atoms. The van der Waals surface area contributed by atoms with Gasteiger partial charge in [0.05, 0.1) is 19.9 Å². The molecule has 0 aliphatic heterocycles. The van der Waals surface area contributed by atoms with E-state index in [1.165, 1.54) is 11.1 Å². The van der Waals surface area contributed by atoms with Gasteiger partial charge in [-0.2, -0.15) is 0 Å². The Morgan fingerprint density at radius 3 is 2.43 bits per heavy atom. The number of rotatable bonds is 2. The van der Waals surface area contributed by atoms with Crippen LogP contribution in [0.4, 0.5) is 0 Å². The van der Waals surface area contributed by atoms with Crippen molar-refractivity contribution < 1.29 is 14.7 Å². The number of hydrogen-bond donors (Lipinski definition) is 1. The molecule has 23 heavy (non-hydrogen) atoms. The molecule has 4 nitrogen and oxygen atoms in total. The van der Waals surface area contributed by atoms with Crippen LogP contribution in [0.2, 0.25) is 0 Å². The number of oxime groups is 1. The largest absolute Gasteiger partial charge is 0.496 e. The molecule has 3 rings (SSSR count). The van der Waals surface area contributed by atoms with Crippen LogP contribution in [0, 0.1) is 11.8 Å². The summed E-state index contributed by atoms with van der Waals surface area (Å²) >= 11 is 0. The van der Waals surface area contributed by atoms with Crippen LogP contribution in [0.15, 0.2) is 28.9 Å². The van der Waals surface area contributed by atoms with E-state index in [1.54, 1.807) is 14.2 Å². The lowest BCUT2D eigenvalue weighted by atomic mass is 9.56. The molecular formula is C19H25NO3. The Balaban J connectivity index is 2.23. The van der Waals surface area contributed by atoms with E-state index in [1.807, 2.05) is 19.1 Å². The standard InChI is InChI=1S/C19H25NO3/c1-11-6-7-14-12(18(11)20-21)10-13-15(22-4)8-9-16(23-5)17(13)19(14,2)3/h6,8-9,12,14,21H,7,10H2,1-5H3/t12?,14-/m1/s1. The number of hydrogen-bond acceptors (Lipinski definition) is 4. The smallest absolute Gasteiger partial charge is 0.123 e. The summed E-state index contributed by atoms with van der Waals surface area (Å²) in [6.07, 6.45) is 3.99. The van der Waals surface area contributed by atoms with Crippen LogP contribution in [-0.2, 0) is 11.8 Å². The van der Waals surface area contributed by atoms with Gasteiger partial charge < -0.3 is 14.7 Å². The van der Waals surface area contributed by atoms with E-state index < -0.39 is 0 Å². The summed E-state index contributed by atoms with van der Waals surface area (Å²) in [4.78, 5) is 0. The maximum absolute atomic E-state index is 9.54.